The number of hydrogen-bond acceptors (Lipinski definition) is 5. The van der Waals surface area contributed by atoms with Gasteiger partial charge in [-0.3, -0.25) is 4.90 Å². The Morgan fingerprint density at radius 2 is 2.21 bits per heavy atom. The molecule has 1 fully saturated rings. The molecule has 0 spiro atoms. The zero-order valence-corrected chi connectivity index (χ0v) is 14.4. The van der Waals surface area contributed by atoms with Gasteiger partial charge in [0.05, 0.1) is 6.61 Å². The van der Waals surface area contributed by atoms with Crippen molar-refractivity contribution in [3.05, 3.63) is 40.2 Å². The number of hydrogen-bond donors (Lipinski definition) is 0. The van der Waals surface area contributed by atoms with Crippen molar-refractivity contribution in [3.63, 3.8) is 0 Å². The highest BCUT2D eigenvalue weighted by atomic mass is 16.5. The van der Waals surface area contributed by atoms with E-state index in [0.29, 0.717) is 18.1 Å². The number of fused-ring (bicyclic) bond motifs is 1. The Balaban J connectivity index is 1.57. The van der Waals surface area contributed by atoms with Gasteiger partial charge in [0.25, 0.3) is 0 Å². The van der Waals surface area contributed by atoms with Crippen LogP contribution in [-0.2, 0) is 4.74 Å². The molecule has 1 atom stereocenters. The Labute approximate surface area is 142 Å². The Hall–Kier alpha value is -1.85. The second-order valence-corrected chi connectivity index (χ2v) is 6.38. The van der Waals surface area contributed by atoms with Crippen LogP contribution in [0, 0.1) is 12.8 Å². The van der Waals surface area contributed by atoms with Gasteiger partial charge < -0.3 is 13.9 Å². The molecule has 1 aromatic carbocycles. The van der Waals surface area contributed by atoms with Gasteiger partial charge in [0, 0.05) is 37.2 Å². The van der Waals surface area contributed by atoms with Crippen LogP contribution in [0.3, 0.4) is 0 Å². The molecular weight excluding hydrogens is 306 g/mol. The second-order valence-electron chi connectivity index (χ2n) is 6.38. The molecule has 5 nitrogen and oxygen atoms in total. The maximum atomic E-state index is 11.5. The van der Waals surface area contributed by atoms with Crippen molar-refractivity contribution in [2.75, 3.05) is 39.5 Å². The molecular formula is C19H25NO4. The van der Waals surface area contributed by atoms with Crippen molar-refractivity contribution in [3.8, 4) is 5.75 Å². The van der Waals surface area contributed by atoms with Crippen LogP contribution in [0.4, 0.5) is 0 Å². The lowest BCUT2D eigenvalue weighted by molar-refractivity contribution is 0.158. The number of benzene rings is 1. The van der Waals surface area contributed by atoms with Crippen LogP contribution in [0.25, 0.3) is 11.0 Å². The quantitative estimate of drug-likeness (QED) is 0.730. The molecule has 1 aliphatic heterocycles. The maximum absolute atomic E-state index is 11.5. The minimum Gasteiger partial charge on any atom is -0.492 e. The summed E-state index contributed by atoms with van der Waals surface area (Å²) < 4.78 is 16.6. The SMILES string of the molecule is CCN(CCOc1ccc2c(C)cc(=O)oc2c1)C[C@H]1CCOC1. The molecule has 24 heavy (non-hydrogen) atoms. The van der Waals surface area contributed by atoms with Crippen LogP contribution in [0.5, 0.6) is 5.75 Å². The summed E-state index contributed by atoms with van der Waals surface area (Å²) in [6, 6.07) is 7.17. The fourth-order valence-corrected chi connectivity index (χ4v) is 3.16. The van der Waals surface area contributed by atoms with E-state index in [1.165, 1.54) is 6.07 Å². The highest BCUT2D eigenvalue weighted by Crippen LogP contribution is 2.22. The van der Waals surface area contributed by atoms with Crippen LogP contribution in [0.2, 0.25) is 0 Å². The first kappa shape index (κ1) is 17.0. The minimum atomic E-state index is -0.326. The Bertz CT molecular complexity index is 734. The van der Waals surface area contributed by atoms with E-state index in [1.54, 1.807) is 6.07 Å². The Morgan fingerprint density at radius 3 is 2.96 bits per heavy atom. The topological polar surface area (TPSA) is 51.9 Å². The van der Waals surface area contributed by atoms with Gasteiger partial charge in [0.2, 0.25) is 0 Å². The third-order valence-electron chi connectivity index (χ3n) is 4.59. The molecule has 0 N–H and O–H groups in total. The minimum absolute atomic E-state index is 0.326. The Kier molecular flexibility index (Phi) is 5.53. The van der Waals surface area contributed by atoms with E-state index in [0.717, 1.165) is 56.0 Å². The maximum Gasteiger partial charge on any atom is 0.336 e. The zero-order chi connectivity index (χ0) is 16.9. The number of aryl methyl sites for hydroxylation is 1. The molecule has 0 amide bonds. The fourth-order valence-electron chi connectivity index (χ4n) is 3.16. The van der Waals surface area contributed by atoms with E-state index >= 15 is 0 Å². The zero-order valence-electron chi connectivity index (χ0n) is 14.4. The van der Waals surface area contributed by atoms with Gasteiger partial charge in [-0.15, -0.1) is 0 Å². The Morgan fingerprint density at radius 1 is 1.33 bits per heavy atom. The smallest absolute Gasteiger partial charge is 0.336 e. The van der Waals surface area contributed by atoms with Gasteiger partial charge in [-0.1, -0.05) is 6.92 Å². The van der Waals surface area contributed by atoms with Gasteiger partial charge in [-0.05, 0) is 43.5 Å². The summed E-state index contributed by atoms with van der Waals surface area (Å²) in [5.74, 6) is 1.37. The molecule has 1 aliphatic rings. The molecule has 0 bridgehead atoms. The normalized spacial score (nSPS) is 17.7. The average Bonchev–Trinajstić information content (AvgIpc) is 3.06. The summed E-state index contributed by atoms with van der Waals surface area (Å²) in [4.78, 5) is 13.9. The van der Waals surface area contributed by atoms with Crippen LogP contribution >= 0.6 is 0 Å². The molecule has 5 heteroatoms. The van der Waals surface area contributed by atoms with Crippen molar-refractivity contribution < 1.29 is 13.9 Å². The van der Waals surface area contributed by atoms with E-state index in [4.69, 9.17) is 13.9 Å². The highest BCUT2D eigenvalue weighted by molar-refractivity contribution is 5.81. The monoisotopic (exact) mass is 331 g/mol. The third-order valence-corrected chi connectivity index (χ3v) is 4.59. The second kappa shape index (κ2) is 7.81. The third kappa shape index (κ3) is 4.16. The van der Waals surface area contributed by atoms with Crippen molar-refractivity contribution in [2.24, 2.45) is 5.92 Å². The lowest BCUT2D eigenvalue weighted by atomic mass is 10.1. The summed E-state index contributed by atoms with van der Waals surface area (Å²) >= 11 is 0. The summed E-state index contributed by atoms with van der Waals surface area (Å²) in [6.07, 6.45) is 1.15. The van der Waals surface area contributed by atoms with Crippen molar-refractivity contribution in [1.82, 2.24) is 4.90 Å². The summed E-state index contributed by atoms with van der Waals surface area (Å²) in [5, 5.41) is 0.943. The van der Waals surface area contributed by atoms with Crippen LogP contribution in [0.1, 0.15) is 18.9 Å². The van der Waals surface area contributed by atoms with Crippen LogP contribution < -0.4 is 10.4 Å². The first-order valence-corrected chi connectivity index (χ1v) is 8.63. The molecule has 0 aliphatic carbocycles. The molecule has 0 unspecified atom stereocenters. The summed E-state index contributed by atoms with van der Waals surface area (Å²) in [6.45, 7) is 9.40. The van der Waals surface area contributed by atoms with Gasteiger partial charge in [-0.2, -0.15) is 0 Å². The van der Waals surface area contributed by atoms with Crippen molar-refractivity contribution >= 4 is 11.0 Å². The number of ether oxygens (including phenoxy) is 2. The van der Waals surface area contributed by atoms with Crippen molar-refractivity contribution in [2.45, 2.75) is 20.3 Å². The first-order chi connectivity index (χ1) is 11.7. The molecule has 1 saturated heterocycles. The number of likely N-dealkylation sites (N-methyl/N-ethyl adjacent to an activating group) is 1. The van der Waals surface area contributed by atoms with Gasteiger partial charge in [-0.25, -0.2) is 4.79 Å². The van der Waals surface area contributed by atoms with Gasteiger partial charge in [0.1, 0.15) is 17.9 Å². The predicted octanol–water partition coefficient (Wildman–Crippen LogP) is 2.84. The molecule has 1 aromatic heterocycles. The number of rotatable bonds is 7. The molecule has 2 heterocycles. The van der Waals surface area contributed by atoms with Crippen molar-refractivity contribution in [1.29, 1.82) is 0 Å². The standard InChI is InChI=1S/C19H25NO4/c1-3-20(12-15-6-8-22-13-15)7-9-23-16-4-5-17-14(2)10-19(21)24-18(17)11-16/h4-5,10-11,15H,3,6-9,12-13H2,1-2H3/t15-/m1/s1. The number of nitrogens with zero attached hydrogens (tertiary/aromatic N) is 1. The lowest BCUT2D eigenvalue weighted by Gasteiger charge is -2.23. The fraction of sp³-hybridized carbons (Fsp3) is 0.526. The van der Waals surface area contributed by atoms with E-state index in [2.05, 4.69) is 11.8 Å². The summed E-state index contributed by atoms with van der Waals surface area (Å²) in [7, 11) is 0. The van der Waals surface area contributed by atoms with Gasteiger partial charge in [0.15, 0.2) is 0 Å². The summed E-state index contributed by atoms with van der Waals surface area (Å²) in [5.41, 5.74) is 1.17. The largest absolute Gasteiger partial charge is 0.492 e. The first-order valence-electron chi connectivity index (χ1n) is 8.63. The van der Waals surface area contributed by atoms with Gasteiger partial charge >= 0.3 is 5.63 Å². The highest BCUT2D eigenvalue weighted by Gasteiger charge is 2.18. The molecule has 130 valence electrons. The molecule has 0 saturated carbocycles. The molecule has 0 radical (unpaired) electrons. The van der Waals surface area contributed by atoms with E-state index in [1.807, 2.05) is 19.1 Å². The lowest BCUT2D eigenvalue weighted by Crippen LogP contribution is -2.33. The van der Waals surface area contributed by atoms with E-state index in [9.17, 15) is 4.79 Å². The molecule has 2 aromatic rings. The van der Waals surface area contributed by atoms with Crippen LogP contribution in [-0.4, -0.2) is 44.4 Å². The van der Waals surface area contributed by atoms with E-state index < -0.39 is 0 Å². The van der Waals surface area contributed by atoms with Crippen LogP contribution in [0.15, 0.2) is 33.5 Å². The predicted molar refractivity (Wildman–Crippen MR) is 93.8 cm³/mol. The molecule has 3 rings (SSSR count). The van der Waals surface area contributed by atoms with E-state index in [-0.39, 0.29) is 5.63 Å². The average molecular weight is 331 g/mol.